The molecule has 2 bridgehead atoms. The Morgan fingerprint density at radius 3 is 3.04 bits per heavy atom. The highest BCUT2D eigenvalue weighted by Crippen LogP contribution is 2.69. The van der Waals surface area contributed by atoms with Gasteiger partial charge in [0.25, 0.3) is 0 Å². The second-order valence-corrected chi connectivity index (χ2v) is 7.84. The molecule has 1 N–H and O–H groups in total. The van der Waals surface area contributed by atoms with Crippen LogP contribution >= 0.6 is 0 Å². The molecular formula is C18H23NO4. The lowest BCUT2D eigenvalue weighted by Gasteiger charge is -2.65. The Morgan fingerprint density at radius 2 is 2.26 bits per heavy atom. The number of hydrogen-bond donors (Lipinski definition) is 1. The van der Waals surface area contributed by atoms with Gasteiger partial charge in [0.1, 0.15) is 5.76 Å². The van der Waals surface area contributed by atoms with Gasteiger partial charge in [-0.3, -0.25) is 4.79 Å². The fourth-order valence-corrected chi connectivity index (χ4v) is 6.30. The van der Waals surface area contributed by atoms with Crippen LogP contribution in [0.25, 0.3) is 0 Å². The molecule has 5 aliphatic rings. The van der Waals surface area contributed by atoms with Gasteiger partial charge in [0, 0.05) is 18.4 Å². The summed E-state index contributed by atoms with van der Waals surface area (Å²) in [7, 11) is 3.74. The number of allylic oxidation sites excluding steroid dienone is 3. The molecule has 5 heteroatoms. The number of ether oxygens (including phenoxy) is 2. The van der Waals surface area contributed by atoms with Crippen molar-refractivity contribution in [3.05, 3.63) is 23.7 Å². The lowest BCUT2D eigenvalue weighted by atomic mass is 9.44. The van der Waals surface area contributed by atoms with Gasteiger partial charge in [-0.2, -0.15) is 0 Å². The molecule has 2 saturated carbocycles. The van der Waals surface area contributed by atoms with Crippen molar-refractivity contribution in [1.82, 2.24) is 4.90 Å². The van der Waals surface area contributed by atoms with E-state index in [4.69, 9.17) is 9.47 Å². The molecule has 6 atom stereocenters. The first-order valence-electron chi connectivity index (χ1n) is 8.61. The van der Waals surface area contributed by atoms with Crippen molar-refractivity contribution < 1.29 is 19.4 Å². The van der Waals surface area contributed by atoms with Crippen LogP contribution in [0.3, 0.4) is 0 Å². The Morgan fingerprint density at radius 1 is 1.43 bits per heavy atom. The molecule has 0 aromatic heterocycles. The summed E-state index contributed by atoms with van der Waals surface area (Å²) in [5.74, 6) is 2.07. The summed E-state index contributed by atoms with van der Waals surface area (Å²) in [6.45, 7) is 0.905. The minimum absolute atomic E-state index is 0.0756. The van der Waals surface area contributed by atoms with Crippen molar-refractivity contribution in [3.63, 3.8) is 0 Å². The van der Waals surface area contributed by atoms with E-state index in [0.29, 0.717) is 18.8 Å². The Bertz CT molecular complexity index is 655. The van der Waals surface area contributed by atoms with Gasteiger partial charge in [0.15, 0.2) is 17.6 Å². The maximum atomic E-state index is 12.7. The molecule has 124 valence electrons. The van der Waals surface area contributed by atoms with Crippen molar-refractivity contribution >= 4 is 5.78 Å². The van der Waals surface area contributed by atoms with E-state index >= 15 is 0 Å². The van der Waals surface area contributed by atoms with E-state index in [1.165, 1.54) is 0 Å². The van der Waals surface area contributed by atoms with Crippen molar-refractivity contribution in [2.75, 3.05) is 20.7 Å². The molecule has 5 rings (SSSR count). The molecular weight excluding hydrogens is 294 g/mol. The van der Waals surface area contributed by atoms with Crippen LogP contribution in [0, 0.1) is 17.3 Å². The lowest BCUT2D eigenvalue weighted by molar-refractivity contribution is -0.240. The molecule has 0 aromatic carbocycles. The van der Waals surface area contributed by atoms with Gasteiger partial charge in [-0.1, -0.05) is 6.08 Å². The maximum absolute atomic E-state index is 12.7. The topological polar surface area (TPSA) is 59.0 Å². The summed E-state index contributed by atoms with van der Waals surface area (Å²) in [6, 6.07) is 0.102. The number of methoxy groups -OCH3 is 1. The highest BCUT2D eigenvalue weighted by atomic mass is 16.5. The van der Waals surface area contributed by atoms with Crippen LogP contribution in [0.2, 0.25) is 0 Å². The summed E-state index contributed by atoms with van der Waals surface area (Å²) >= 11 is 0. The summed E-state index contributed by atoms with van der Waals surface area (Å²) < 4.78 is 11.7. The molecule has 2 aliphatic heterocycles. The van der Waals surface area contributed by atoms with Crippen LogP contribution in [0.4, 0.5) is 0 Å². The smallest absolute Gasteiger partial charge is 0.174 e. The Hall–Kier alpha value is -1.33. The number of Topliss-reactive ketones (excluding diaryl/α,β-unsaturated/α-hetero) is 1. The van der Waals surface area contributed by atoms with E-state index in [-0.39, 0.29) is 17.7 Å². The van der Waals surface area contributed by atoms with Gasteiger partial charge in [-0.05, 0) is 44.8 Å². The number of carbonyl (C=O) groups is 1. The zero-order valence-electron chi connectivity index (χ0n) is 13.6. The monoisotopic (exact) mass is 317 g/mol. The quantitative estimate of drug-likeness (QED) is 0.788. The number of hydrogen-bond acceptors (Lipinski definition) is 5. The summed E-state index contributed by atoms with van der Waals surface area (Å²) in [4.78, 5) is 15.0. The van der Waals surface area contributed by atoms with E-state index in [2.05, 4.69) is 18.0 Å². The van der Waals surface area contributed by atoms with E-state index in [1.54, 1.807) is 7.11 Å². The Balaban J connectivity index is 1.76. The van der Waals surface area contributed by atoms with Crippen molar-refractivity contribution in [3.8, 4) is 0 Å². The predicted octanol–water partition coefficient (Wildman–Crippen LogP) is 1.23. The van der Waals surface area contributed by atoms with Crippen LogP contribution in [0.15, 0.2) is 23.7 Å². The number of carbonyl (C=O) groups excluding carboxylic acids is 1. The third-order valence-corrected chi connectivity index (χ3v) is 7.24. The number of piperidine rings is 1. The Labute approximate surface area is 135 Å². The molecule has 5 nitrogen and oxygen atoms in total. The minimum Gasteiger partial charge on any atom is -0.493 e. The van der Waals surface area contributed by atoms with Crippen LogP contribution in [0.1, 0.15) is 25.7 Å². The highest BCUT2D eigenvalue weighted by Gasteiger charge is 2.76. The normalized spacial score (nSPS) is 50.7. The average Bonchev–Trinajstić information content (AvgIpc) is 2.90. The lowest BCUT2D eigenvalue weighted by Crippen LogP contribution is -2.76. The first kappa shape index (κ1) is 14.1. The second kappa shape index (κ2) is 4.19. The van der Waals surface area contributed by atoms with Crippen LogP contribution in [-0.4, -0.2) is 54.2 Å². The van der Waals surface area contributed by atoms with Crippen LogP contribution in [-0.2, 0) is 14.3 Å². The first-order valence-corrected chi connectivity index (χ1v) is 8.61. The van der Waals surface area contributed by atoms with Crippen molar-refractivity contribution in [2.24, 2.45) is 17.3 Å². The fraction of sp³-hybridized carbons (Fsp3) is 0.722. The molecule has 4 fully saturated rings. The van der Waals surface area contributed by atoms with Crippen LogP contribution in [0.5, 0.6) is 0 Å². The molecule has 3 unspecified atom stereocenters. The maximum Gasteiger partial charge on any atom is 0.174 e. The van der Waals surface area contributed by atoms with Gasteiger partial charge in [-0.25, -0.2) is 0 Å². The average molecular weight is 317 g/mol. The molecule has 3 aliphatic carbocycles. The molecule has 0 amide bonds. The third kappa shape index (κ3) is 1.36. The highest BCUT2D eigenvalue weighted by molar-refractivity contribution is 5.87. The SMILES string of the molecule is COC1=C2O[C@H]3C(=O)CC[C@@]4(O)C5CC(C=C1)C2[C@@]34CCN5C. The number of nitrogens with zero attached hydrogens (tertiary/aromatic N) is 1. The van der Waals surface area contributed by atoms with Crippen LogP contribution < -0.4 is 0 Å². The summed E-state index contributed by atoms with van der Waals surface area (Å²) in [6.07, 6.45) is 6.37. The van der Waals surface area contributed by atoms with Gasteiger partial charge < -0.3 is 19.5 Å². The molecule has 23 heavy (non-hydrogen) atoms. The van der Waals surface area contributed by atoms with Crippen molar-refractivity contribution in [1.29, 1.82) is 0 Å². The molecule has 2 saturated heterocycles. The standard InChI is InChI=1S/C18H23NO4/c1-19-8-7-17-14-10-3-4-12(22-2)15(14)23-16(17)11(20)5-6-18(17,21)13(19)9-10/h3-4,10,13-14,16,21H,5-9H2,1-2H3/t10?,13?,14?,16-,17-,18+/m0/s1. The zero-order chi connectivity index (χ0) is 16.0. The number of rotatable bonds is 1. The molecule has 0 aromatic rings. The number of ketones is 1. The first-order chi connectivity index (χ1) is 11.0. The number of likely N-dealkylation sites (tertiary alicyclic amines) is 1. The number of aliphatic hydroxyl groups is 1. The van der Waals surface area contributed by atoms with E-state index in [1.807, 2.05) is 6.08 Å². The Kier molecular flexibility index (Phi) is 2.56. The number of likely N-dealkylation sites (N-methyl/N-ethyl adjacent to an activating group) is 1. The fourth-order valence-electron chi connectivity index (χ4n) is 6.30. The minimum atomic E-state index is -0.842. The van der Waals surface area contributed by atoms with Gasteiger partial charge in [-0.15, -0.1) is 0 Å². The van der Waals surface area contributed by atoms with Gasteiger partial charge in [0.2, 0.25) is 0 Å². The second-order valence-electron chi connectivity index (χ2n) is 7.84. The molecule has 2 heterocycles. The van der Waals surface area contributed by atoms with E-state index in [0.717, 1.165) is 30.9 Å². The third-order valence-electron chi connectivity index (χ3n) is 7.24. The summed E-state index contributed by atoms with van der Waals surface area (Å²) in [5.41, 5.74) is -1.32. The molecule has 0 radical (unpaired) electrons. The summed E-state index contributed by atoms with van der Waals surface area (Å²) in [5, 5.41) is 11.8. The predicted molar refractivity (Wildman–Crippen MR) is 82.3 cm³/mol. The van der Waals surface area contributed by atoms with E-state index < -0.39 is 17.1 Å². The van der Waals surface area contributed by atoms with Gasteiger partial charge >= 0.3 is 0 Å². The van der Waals surface area contributed by atoms with Crippen molar-refractivity contribution in [2.45, 2.75) is 43.4 Å². The largest absolute Gasteiger partial charge is 0.493 e. The molecule has 1 spiro atoms. The van der Waals surface area contributed by atoms with E-state index in [9.17, 15) is 9.90 Å². The zero-order valence-corrected chi connectivity index (χ0v) is 13.6. The van der Waals surface area contributed by atoms with Gasteiger partial charge in [0.05, 0.1) is 18.1 Å².